The van der Waals surface area contributed by atoms with Crippen LogP contribution in [0.1, 0.15) is 5.56 Å². The minimum atomic E-state index is 0.0565. The summed E-state index contributed by atoms with van der Waals surface area (Å²) in [4.78, 5) is 13.0. The van der Waals surface area contributed by atoms with Crippen LogP contribution in [0, 0.1) is 5.92 Å². The maximum Gasteiger partial charge on any atom is 0.237 e. The van der Waals surface area contributed by atoms with E-state index in [1.165, 1.54) is 5.56 Å². The summed E-state index contributed by atoms with van der Waals surface area (Å²) in [6.07, 6.45) is 1.06. The van der Waals surface area contributed by atoms with Gasteiger partial charge < -0.3 is 4.90 Å². The van der Waals surface area contributed by atoms with E-state index < -0.39 is 0 Å². The summed E-state index contributed by atoms with van der Waals surface area (Å²) in [5.74, 6) is 0.776. The van der Waals surface area contributed by atoms with Crippen molar-refractivity contribution in [3.05, 3.63) is 35.9 Å². The average Bonchev–Trinajstić information content (AvgIpc) is 2.23. The minimum Gasteiger partial charge on any atom is -0.341 e. The Balaban J connectivity index is 1.79. The van der Waals surface area contributed by atoms with E-state index in [1.54, 1.807) is 0 Å². The van der Waals surface area contributed by atoms with Crippen LogP contribution >= 0.6 is 11.6 Å². The minimum absolute atomic E-state index is 0.0565. The first-order chi connectivity index (χ1) is 7.29. The molecule has 80 valence electrons. The monoisotopic (exact) mass is 223 g/mol. The number of carbonyl (C=O) groups excluding carboxylic acids is 1. The highest BCUT2D eigenvalue weighted by molar-refractivity contribution is 6.27. The van der Waals surface area contributed by atoms with E-state index in [0.29, 0.717) is 5.92 Å². The zero-order valence-electron chi connectivity index (χ0n) is 8.53. The van der Waals surface area contributed by atoms with Crippen LogP contribution in [0.15, 0.2) is 30.3 Å². The van der Waals surface area contributed by atoms with Crippen LogP contribution in [0.4, 0.5) is 0 Å². The molecule has 0 saturated carbocycles. The second-order valence-corrected chi connectivity index (χ2v) is 4.26. The molecule has 0 atom stereocenters. The van der Waals surface area contributed by atoms with Crippen LogP contribution in [0.2, 0.25) is 0 Å². The second kappa shape index (κ2) is 4.67. The number of hydrogen-bond acceptors (Lipinski definition) is 1. The van der Waals surface area contributed by atoms with Crippen LogP contribution in [0.25, 0.3) is 0 Å². The van der Waals surface area contributed by atoms with Gasteiger partial charge in [0.25, 0.3) is 0 Å². The normalized spacial score (nSPS) is 16.2. The Morgan fingerprint density at radius 2 is 2.00 bits per heavy atom. The summed E-state index contributed by atoms with van der Waals surface area (Å²) in [6, 6.07) is 10.4. The maximum atomic E-state index is 11.2. The van der Waals surface area contributed by atoms with Gasteiger partial charge in [-0.3, -0.25) is 4.79 Å². The lowest BCUT2D eigenvalue weighted by atomic mass is 9.92. The molecule has 1 aliphatic heterocycles. The standard InChI is InChI=1S/C12H14ClNO/c13-7-12(15)14-8-11(9-14)6-10-4-2-1-3-5-10/h1-5,11H,6-9H2. The highest BCUT2D eigenvalue weighted by atomic mass is 35.5. The Labute approximate surface area is 94.8 Å². The predicted molar refractivity (Wildman–Crippen MR) is 60.9 cm³/mol. The van der Waals surface area contributed by atoms with Crippen LogP contribution < -0.4 is 0 Å². The van der Waals surface area contributed by atoms with Gasteiger partial charge in [0.15, 0.2) is 0 Å². The van der Waals surface area contributed by atoms with E-state index in [1.807, 2.05) is 11.0 Å². The van der Waals surface area contributed by atoms with Gasteiger partial charge >= 0.3 is 0 Å². The topological polar surface area (TPSA) is 20.3 Å². The molecule has 3 heteroatoms. The van der Waals surface area contributed by atoms with Crippen molar-refractivity contribution < 1.29 is 4.79 Å². The fraction of sp³-hybridized carbons (Fsp3) is 0.417. The molecule has 2 nitrogen and oxygen atoms in total. The molecule has 0 bridgehead atoms. The number of alkyl halides is 1. The Kier molecular flexibility index (Phi) is 3.27. The number of likely N-dealkylation sites (tertiary alicyclic amines) is 1. The van der Waals surface area contributed by atoms with Gasteiger partial charge in [0, 0.05) is 13.1 Å². The van der Waals surface area contributed by atoms with Crippen LogP contribution in [0.3, 0.4) is 0 Å². The summed E-state index contributed by atoms with van der Waals surface area (Å²) in [5, 5.41) is 0. The summed E-state index contributed by atoms with van der Waals surface area (Å²) in [5.41, 5.74) is 1.35. The molecule has 0 aromatic heterocycles. The summed E-state index contributed by atoms with van der Waals surface area (Å²) >= 11 is 5.48. The molecule has 2 rings (SSSR count). The molecule has 1 saturated heterocycles. The molecule has 0 unspecified atom stereocenters. The number of halogens is 1. The zero-order chi connectivity index (χ0) is 10.7. The Morgan fingerprint density at radius 3 is 2.60 bits per heavy atom. The van der Waals surface area contributed by atoms with Crippen molar-refractivity contribution in [2.45, 2.75) is 6.42 Å². The molecule has 15 heavy (non-hydrogen) atoms. The van der Waals surface area contributed by atoms with Crippen molar-refractivity contribution >= 4 is 17.5 Å². The molecule has 1 amide bonds. The first kappa shape index (κ1) is 10.5. The highest BCUT2D eigenvalue weighted by Gasteiger charge is 2.29. The molecule has 0 aliphatic carbocycles. The van der Waals surface area contributed by atoms with Crippen molar-refractivity contribution in [1.29, 1.82) is 0 Å². The zero-order valence-corrected chi connectivity index (χ0v) is 9.28. The van der Waals surface area contributed by atoms with Gasteiger partial charge in [0.05, 0.1) is 0 Å². The quantitative estimate of drug-likeness (QED) is 0.718. The molecule has 0 radical (unpaired) electrons. The average molecular weight is 224 g/mol. The van der Waals surface area contributed by atoms with Gasteiger partial charge in [-0.1, -0.05) is 30.3 Å². The molecule has 0 spiro atoms. The number of rotatable bonds is 3. The van der Waals surface area contributed by atoms with E-state index >= 15 is 0 Å². The molecule has 1 heterocycles. The third-order valence-electron chi connectivity index (χ3n) is 2.79. The van der Waals surface area contributed by atoms with E-state index in [9.17, 15) is 4.79 Å². The van der Waals surface area contributed by atoms with E-state index in [2.05, 4.69) is 24.3 Å². The van der Waals surface area contributed by atoms with E-state index in [4.69, 9.17) is 11.6 Å². The van der Waals surface area contributed by atoms with Gasteiger partial charge in [-0.15, -0.1) is 11.6 Å². The lowest BCUT2D eigenvalue weighted by molar-refractivity contribution is -0.134. The summed E-state index contributed by atoms with van der Waals surface area (Å²) in [6.45, 7) is 1.72. The molecule has 1 aromatic rings. The van der Waals surface area contributed by atoms with E-state index in [0.717, 1.165) is 19.5 Å². The van der Waals surface area contributed by atoms with Crippen molar-refractivity contribution in [2.24, 2.45) is 5.92 Å². The molecule has 0 N–H and O–H groups in total. The van der Waals surface area contributed by atoms with Gasteiger partial charge in [0.1, 0.15) is 5.88 Å². The molecule has 1 aromatic carbocycles. The molecular formula is C12H14ClNO. The summed E-state index contributed by atoms with van der Waals surface area (Å²) in [7, 11) is 0. The third-order valence-corrected chi connectivity index (χ3v) is 3.02. The van der Waals surface area contributed by atoms with Gasteiger partial charge in [0.2, 0.25) is 5.91 Å². The predicted octanol–water partition coefficient (Wildman–Crippen LogP) is 1.93. The molecule has 1 fully saturated rings. The Hall–Kier alpha value is -1.02. The van der Waals surface area contributed by atoms with Crippen molar-refractivity contribution in [2.75, 3.05) is 19.0 Å². The Morgan fingerprint density at radius 1 is 1.33 bits per heavy atom. The maximum absolute atomic E-state index is 11.2. The third kappa shape index (κ3) is 2.51. The fourth-order valence-electron chi connectivity index (χ4n) is 1.93. The second-order valence-electron chi connectivity index (χ2n) is 3.99. The summed E-state index contributed by atoms with van der Waals surface area (Å²) < 4.78 is 0. The number of amides is 1. The number of carbonyl (C=O) groups is 1. The lowest BCUT2D eigenvalue weighted by Gasteiger charge is -2.39. The SMILES string of the molecule is O=C(CCl)N1CC(Cc2ccccc2)C1. The van der Waals surface area contributed by atoms with E-state index in [-0.39, 0.29) is 11.8 Å². The van der Waals surface area contributed by atoms with Crippen LogP contribution in [-0.2, 0) is 11.2 Å². The fourth-order valence-corrected chi connectivity index (χ4v) is 2.10. The lowest BCUT2D eigenvalue weighted by Crippen LogP contribution is -2.51. The largest absolute Gasteiger partial charge is 0.341 e. The Bertz CT molecular complexity index is 333. The first-order valence-corrected chi connectivity index (χ1v) is 5.70. The van der Waals surface area contributed by atoms with Crippen molar-refractivity contribution in [1.82, 2.24) is 4.90 Å². The smallest absolute Gasteiger partial charge is 0.237 e. The van der Waals surface area contributed by atoms with Crippen LogP contribution in [0.5, 0.6) is 0 Å². The van der Waals surface area contributed by atoms with Gasteiger partial charge in [-0.05, 0) is 17.9 Å². The van der Waals surface area contributed by atoms with Crippen LogP contribution in [-0.4, -0.2) is 29.8 Å². The number of benzene rings is 1. The van der Waals surface area contributed by atoms with Crippen molar-refractivity contribution in [3.63, 3.8) is 0 Å². The number of hydrogen-bond donors (Lipinski definition) is 0. The van der Waals surface area contributed by atoms with Gasteiger partial charge in [-0.2, -0.15) is 0 Å². The molecular weight excluding hydrogens is 210 g/mol. The highest BCUT2D eigenvalue weighted by Crippen LogP contribution is 2.20. The number of nitrogens with zero attached hydrogens (tertiary/aromatic N) is 1. The molecule has 1 aliphatic rings. The van der Waals surface area contributed by atoms with Gasteiger partial charge in [-0.25, -0.2) is 0 Å². The first-order valence-electron chi connectivity index (χ1n) is 5.17. The van der Waals surface area contributed by atoms with Crippen molar-refractivity contribution in [3.8, 4) is 0 Å².